The molecule has 1 unspecified atom stereocenters. The van der Waals surface area contributed by atoms with Crippen molar-refractivity contribution in [2.45, 2.75) is 50.6 Å². The molecule has 0 spiro atoms. The number of rotatable bonds is 7. The number of amides is 1. The van der Waals surface area contributed by atoms with E-state index in [4.69, 9.17) is 0 Å². The molecule has 2 aromatic heterocycles. The Morgan fingerprint density at radius 1 is 1.26 bits per heavy atom. The third-order valence-corrected chi connectivity index (χ3v) is 5.76. The Morgan fingerprint density at radius 3 is 2.89 bits per heavy atom. The zero-order chi connectivity index (χ0) is 18.8. The van der Waals surface area contributed by atoms with E-state index in [1.165, 1.54) is 12.8 Å². The first-order chi connectivity index (χ1) is 13.1. The minimum atomic E-state index is 0.183. The fraction of sp³-hybridized carbons (Fsp3) is 0.619. The van der Waals surface area contributed by atoms with Crippen molar-refractivity contribution in [2.75, 3.05) is 33.7 Å². The van der Waals surface area contributed by atoms with Crippen molar-refractivity contribution in [3.05, 3.63) is 42.2 Å². The molecule has 2 fully saturated rings. The maximum atomic E-state index is 13.1. The van der Waals surface area contributed by atoms with Crippen LogP contribution >= 0.6 is 0 Å². The van der Waals surface area contributed by atoms with Crippen molar-refractivity contribution in [2.24, 2.45) is 0 Å². The van der Waals surface area contributed by atoms with E-state index in [1.54, 1.807) is 0 Å². The molecule has 1 atom stereocenters. The van der Waals surface area contributed by atoms with E-state index >= 15 is 0 Å². The Labute approximate surface area is 161 Å². The van der Waals surface area contributed by atoms with Crippen LogP contribution in [0.5, 0.6) is 0 Å². The van der Waals surface area contributed by atoms with Crippen LogP contribution in [-0.4, -0.2) is 63.6 Å². The van der Waals surface area contributed by atoms with Gasteiger partial charge in [-0.05, 0) is 64.9 Å². The van der Waals surface area contributed by atoms with Crippen LogP contribution in [0.15, 0.2) is 30.7 Å². The van der Waals surface area contributed by atoms with Gasteiger partial charge in [-0.1, -0.05) is 0 Å². The molecule has 1 aliphatic heterocycles. The third kappa shape index (κ3) is 4.10. The molecule has 1 aliphatic carbocycles. The molecule has 6 nitrogen and oxygen atoms in total. The number of aromatic nitrogens is 3. The minimum Gasteiger partial charge on any atom is -0.340 e. The number of carbonyl (C=O) groups excluding carboxylic acids is 1. The standard InChI is InChI=1S/C21H31N5O/c1-23(2)11-5-13-24-15-10-22-20(24)17-6-3-12-25(16-17)21(27)19-7-4-14-26(19)18-8-9-18/h4,7,10,14-15,17-18H,3,5-6,8-9,11-13,16H2,1-2H3. The van der Waals surface area contributed by atoms with E-state index in [1.807, 2.05) is 23.2 Å². The van der Waals surface area contributed by atoms with Gasteiger partial charge in [0.2, 0.25) is 0 Å². The van der Waals surface area contributed by atoms with Gasteiger partial charge in [-0.3, -0.25) is 4.79 Å². The van der Waals surface area contributed by atoms with Crippen molar-refractivity contribution in [1.29, 1.82) is 0 Å². The number of nitrogens with zero attached hydrogens (tertiary/aromatic N) is 5. The average molecular weight is 370 g/mol. The highest BCUT2D eigenvalue weighted by Crippen LogP contribution is 2.36. The Hall–Kier alpha value is -2.08. The smallest absolute Gasteiger partial charge is 0.270 e. The summed E-state index contributed by atoms with van der Waals surface area (Å²) in [7, 11) is 4.22. The van der Waals surface area contributed by atoms with E-state index in [0.29, 0.717) is 12.0 Å². The molecule has 1 saturated heterocycles. The number of carbonyl (C=O) groups is 1. The van der Waals surface area contributed by atoms with Gasteiger partial charge in [-0.25, -0.2) is 4.98 Å². The Morgan fingerprint density at radius 2 is 2.11 bits per heavy atom. The highest BCUT2D eigenvalue weighted by molar-refractivity contribution is 5.93. The molecule has 1 saturated carbocycles. The summed E-state index contributed by atoms with van der Waals surface area (Å²) in [5, 5.41) is 0. The summed E-state index contributed by atoms with van der Waals surface area (Å²) in [5.41, 5.74) is 0.854. The number of hydrogen-bond acceptors (Lipinski definition) is 3. The van der Waals surface area contributed by atoms with E-state index in [0.717, 1.165) is 57.0 Å². The van der Waals surface area contributed by atoms with Crippen molar-refractivity contribution in [1.82, 2.24) is 23.9 Å². The molecular formula is C21H31N5O. The van der Waals surface area contributed by atoms with E-state index in [9.17, 15) is 4.79 Å². The second-order valence-corrected chi connectivity index (χ2v) is 8.26. The summed E-state index contributed by atoms with van der Waals surface area (Å²) in [6.45, 7) is 3.69. The lowest BCUT2D eigenvalue weighted by molar-refractivity contribution is 0.0692. The lowest BCUT2D eigenvalue weighted by Crippen LogP contribution is -2.40. The van der Waals surface area contributed by atoms with Gasteiger partial charge in [0, 0.05) is 50.2 Å². The highest BCUT2D eigenvalue weighted by Gasteiger charge is 2.32. The summed E-state index contributed by atoms with van der Waals surface area (Å²) < 4.78 is 4.46. The molecule has 27 heavy (non-hydrogen) atoms. The van der Waals surface area contributed by atoms with Crippen molar-refractivity contribution >= 4 is 5.91 Å². The largest absolute Gasteiger partial charge is 0.340 e. The van der Waals surface area contributed by atoms with E-state index < -0.39 is 0 Å². The fourth-order valence-electron chi connectivity index (χ4n) is 4.21. The van der Waals surface area contributed by atoms with Gasteiger partial charge in [0.15, 0.2) is 0 Å². The van der Waals surface area contributed by atoms with Crippen LogP contribution in [0.3, 0.4) is 0 Å². The van der Waals surface area contributed by atoms with Gasteiger partial charge < -0.3 is 18.9 Å². The van der Waals surface area contributed by atoms with E-state index in [2.05, 4.69) is 45.5 Å². The number of aryl methyl sites for hydroxylation is 1. The highest BCUT2D eigenvalue weighted by atomic mass is 16.2. The molecule has 0 aromatic carbocycles. The van der Waals surface area contributed by atoms with Crippen molar-refractivity contribution < 1.29 is 4.79 Å². The maximum Gasteiger partial charge on any atom is 0.270 e. The molecule has 146 valence electrons. The lowest BCUT2D eigenvalue weighted by Gasteiger charge is -2.33. The average Bonchev–Trinajstić information content (AvgIpc) is 3.20. The zero-order valence-corrected chi connectivity index (χ0v) is 16.5. The molecule has 0 radical (unpaired) electrons. The molecule has 0 N–H and O–H groups in total. The molecule has 1 amide bonds. The van der Waals surface area contributed by atoms with Crippen LogP contribution in [0.1, 0.15) is 60.4 Å². The maximum absolute atomic E-state index is 13.1. The molecule has 2 aliphatic rings. The Kier molecular flexibility index (Phi) is 5.34. The Balaban J connectivity index is 1.43. The van der Waals surface area contributed by atoms with Crippen LogP contribution in [-0.2, 0) is 6.54 Å². The van der Waals surface area contributed by atoms with Crippen LogP contribution in [0.25, 0.3) is 0 Å². The number of imidazole rings is 1. The van der Waals surface area contributed by atoms with Gasteiger partial charge in [0.25, 0.3) is 5.91 Å². The topological polar surface area (TPSA) is 46.3 Å². The Bertz CT molecular complexity index is 773. The van der Waals surface area contributed by atoms with Gasteiger partial charge >= 0.3 is 0 Å². The SMILES string of the molecule is CN(C)CCCn1ccnc1C1CCCN(C(=O)c2cccn2C2CC2)C1. The number of hydrogen-bond donors (Lipinski definition) is 0. The second kappa shape index (κ2) is 7.89. The summed E-state index contributed by atoms with van der Waals surface area (Å²) in [4.78, 5) is 22.0. The normalized spacial score (nSPS) is 20.4. The molecule has 4 rings (SSSR count). The molecule has 0 bridgehead atoms. The molecule has 6 heteroatoms. The first kappa shape index (κ1) is 18.3. The second-order valence-electron chi connectivity index (χ2n) is 8.26. The van der Waals surface area contributed by atoms with Crippen LogP contribution in [0, 0.1) is 0 Å². The van der Waals surface area contributed by atoms with Crippen molar-refractivity contribution in [3.63, 3.8) is 0 Å². The van der Waals surface area contributed by atoms with Gasteiger partial charge in [0.05, 0.1) is 0 Å². The van der Waals surface area contributed by atoms with Gasteiger partial charge in [-0.2, -0.15) is 0 Å². The first-order valence-corrected chi connectivity index (χ1v) is 10.3. The quantitative estimate of drug-likeness (QED) is 0.754. The van der Waals surface area contributed by atoms with Gasteiger partial charge in [-0.15, -0.1) is 0 Å². The van der Waals surface area contributed by atoms with Gasteiger partial charge in [0.1, 0.15) is 11.5 Å². The van der Waals surface area contributed by atoms with E-state index in [-0.39, 0.29) is 5.91 Å². The summed E-state index contributed by atoms with van der Waals surface area (Å²) >= 11 is 0. The fourth-order valence-corrected chi connectivity index (χ4v) is 4.21. The molecule has 3 heterocycles. The summed E-state index contributed by atoms with van der Waals surface area (Å²) in [6.07, 6.45) is 11.7. The molecular weight excluding hydrogens is 338 g/mol. The first-order valence-electron chi connectivity index (χ1n) is 10.3. The van der Waals surface area contributed by atoms with Crippen LogP contribution < -0.4 is 0 Å². The number of piperidine rings is 1. The minimum absolute atomic E-state index is 0.183. The third-order valence-electron chi connectivity index (χ3n) is 5.76. The predicted octanol–water partition coefficient (Wildman–Crippen LogP) is 2.99. The van der Waals surface area contributed by atoms with Crippen LogP contribution in [0.2, 0.25) is 0 Å². The zero-order valence-electron chi connectivity index (χ0n) is 16.5. The van der Waals surface area contributed by atoms with Crippen molar-refractivity contribution in [3.8, 4) is 0 Å². The lowest BCUT2D eigenvalue weighted by atomic mass is 9.96. The number of likely N-dealkylation sites (tertiary alicyclic amines) is 1. The molecule has 2 aromatic rings. The van der Waals surface area contributed by atoms with Crippen LogP contribution in [0.4, 0.5) is 0 Å². The summed E-state index contributed by atoms with van der Waals surface area (Å²) in [6, 6.07) is 4.52. The summed E-state index contributed by atoms with van der Waals surface area (Å²) in [5.74, 6) is 1.66. The monoisotopic (exact) mass is 369 g/mol. The predicted molar refractivity (Wildman–Crippen MR) is 106 cm³/mol.